The minimum Gasteiger partial charge on any atom is -0.481 e. The Labute approximate surface area is 132 Å². The van der Waals surface area contributed by atoms with Crippen LogP contribution in [0.4, 0.5) is 8.78 Å². The van der Waals surface area contributed by atoms with Crippen LogP contribution in [0.5, 0.6) is 5.88 Å². The molecule has 1 N–H and O–H groups in total. The Morgan fingerprint density at radius 3 is 2.96 bits per heavy atom. The smallest absolute Gasteiger partial charge is 0.220 e. The summed E-state index contributed by atoms with van der Waals surface area (Å²) in [5.74, 6) is -0.678. The number of fused-ring (bicyclic) bond motifs is 1. The molecule has 3 rings (SSSR count). The summed E-state index contributed by atoms with van der Waals surface area (Å²) in [5.41, 5.74) is 1.75. The molecule has 1 atom stereocenters. The summed E-state index contributed by atoms with van der Waals surface area (Å²) in [6, 6.07) is 3.09. The molecule has 1 aromatic carbocycles. The van der Waals surface area contributed by atoms with E-state index in [2.05, 4.69) is 9.97 Å². The Kier molecular flexibility index (Phi) is 4.49. The SMILES string of the molecule is COc1ncnc2c1CN(C[C@@H](O)c1cc(F)ccc1F)CC2. The van der Waals surface area contributed by atoms with Crippen LogP contribution < -0.4 is 4.74 Å². The zero-order chi connectivity index (χ0) is 16.4. The summed E-state index contributed by atoms with van der Waals surface area (Å²) < 4.78 is 32.2. The van der Waals surface area contributed by atoms with E-state index in [0.29, 0.717) is 25.4 Å². The largest absolute Gasteiger partial charge is 0.481 e. The van der Waals surface area contributed by atoms with Crippen molar-refractivity contribution in [2.75, 3.05) is 20.2 Å². The highest BCUT2D eigenvalue weighted by Crippen LogP contribution is 2.26. The highest BCUT2D eigenvalue weighted by atomic mass is 19.1. The summed E-state index contributed by atoms with van der Waals surface area (Å²) in [5, 5.41) is 10.2. The van der Waals surface area contributed by atoms with Crippen LogP contribution in [0.2, 0.25) is 0 Å². The average Bonchev–Trinajstić information content (AvgIpc) is 2.56. The number of β-amino-alcohol motifs (C(OH)–C–C–N with tert-alkyl or cyclic N) is 1. The third kappa shape index (κ3) is 3.30. The molecular formula is C16H17F2N3O2. The second-order valence-electron chi connectivity index (χ2n) is 5.47. The van der Waals surface area contributed by atoms with E-state index in [1.165, 1.54) is 6.33 Å². The number of hydrogen-bond donors (Lipinski definition) is 1. The number of benzene rings is 1. The molecule has 1 aliphatic rings. The lowest BCUT2D eigenvalue weighted by Gasteiger charge is -2.30. The Hall–Kier alpha value is -2.12. The molecule has 2 aromatic rings. The standard InChI is InChI=1S/C16H17F2N3O2/c1-23-16-12-7-21(5-4-14(12)19-9-20-16)8-15(22)11-6-10(17)2-3-13(11)18/h2-3,6,9,15,22H,4-5,7-8H2,1H3/t15-/m1/s1. The molecular weight excluding hydrogens is 304 g/mol. The van der Waals surface area contributed by atoms with E-state index in [1.54, 1.807) is 7.11 Å². The first-order chi connectivity index (χ1) is 11.1. The third-order valence-electron chi connectivity index (χ3n) is 3.98. The first kappa shape index (κ1) is 15.8. The second kappa shape index (κ2) is 6.55. The minimum absolute atomic E-state index is 0.0351. The number of methoxy groups -OCH3 is 1. The summed E-state index contributed by atoms with van der Waals surface area (Å²) in [6.45, 7) is 1.35. The maximum absolute atomic E-state index is 13.7. The van der Waals surface area contributed by atoms with Gasteiger partial charge in [-0.25, -0.2) is 18.7 Å². The van der Waals surface area contributed by atoms with Gasteiger partial charge in [0.15, 0.2) is 0 Å². The molecule has 1 aliphatic heterocycles. The van der Waals surface area contributed by atoms with Crippen molar-refractivity contribution in [2.45, 2.75) is 19.1 Å². The number of nitrogens with zero attached hydrogens (tertiary/aromatic N) is 3. The molecule has 7 heteroatoms. The molecule has 23 heavy (non-hydrogen) atoms. The highest BCUT2D eigenvalue weighted by Gasteiger charge is 2.24. The Morgan fingerprint density at radius 1 is 1.35 bits per heavy atom. The predicted molar refractivity (Wildman–Crippen MR) is 78.9 cm³/mol. The van der Waals surface area contributed by atoms with Crippen LogP contribution in [0.1, 0.15) is 22.9 Å². The lowest BCUT2D eigenvalue weighted by molar-refractivity contribution is 0.101. The van der Waals surface area contributed by atoms with Crippen LogP contribution >= 0.6 is 0 Å². The van der Waals surface area contributed by atoms with Gasteiger partial charge in [0.2, 0.25) is 5.88 Å². The van der Waals surface area contributed by atoms with Gasteiger partial charge in [-0.3, -0.25) is 4.90 Å². The Bertz CT molecular complexity index is 697. The average molecular weight is 321 g/mol. The molecule has 0 spiro atoms. The molecule has 0 saturated carbocycles. The predicted octanol–water partition coefficient (Wildman–Crippen LogP) is 1.86. The molecule has 0 bridgehead atoms. The van der Waals surface area contributed by atoms with Gasteiger partial charge in [0.05, 0.1) is 18.9 Å². The van der Waals surface area contributed by atoms with Crippen molar-refractivity contribution in [1.82, 2.24) is 14.9 Å². The summed E-state index contributed by atoms with van der Waals surface area (Å²) in [6.07, 6.45) is 1.04. The first-order valence-corrected chi connectivity index (χ1v) is 7.30. The van der Waals surface area contributed by atoms with Gasteiger partial charge in [0.25, 0.3) is 0 Å². The van der Waals surface area contributed by atoms with E-state index in [-0.39, 0.29) is 12.1 Å². The number of rotatable bonds is 4. The van der Waals surface area contributed by atoms with Gasteiger partial charge < -0.3 is 9.84 Å². The topological polar surface area (TPSA) is 58.5 Å². The molecule has 0 unspecified atom stereocenters. The molecule has 1 aromatic heterocycles. The monoisotopic (exact) mass is 321 g/mol. The number of aromatic nitrogens is 2. The van der Waals surface area contributed by atoms with Crippen LogP contribution in [0.15, 0.2) is 24.5 Å². The Morgan fingerprint density at radius 2 is 2.17 bits per heavy atom. The number of aliphatic hydroxyl groups excluding tert-OH is 1. The molecule has 0 aliphatic carbocycles. The van der Waals surface area contributed by atoms with E-state index in [9.17, 15) is 13.9 Å². The second-order valence-corrected chi connectivity index (χ2v) is 5.47. The van der Waals surface area contributed by atoms with E-state index in [0.717, 1.165) is 29.5 Å². The number of ether oxygens (including phenoxy) is 1. The quantitative estimate of drug-likeness (QED) is 0.931. The van der Waals surface area contributed by atoms with E-state index in [1.807, 2.05) is 4.90 Å². The van der Waals surface area contributed by atoms with Crippen molar-refractivity contribution in [3.8, 4) is 5.88 Å². The maximum Gasteiger partial charge on any atom is 0.220 e. The zero-order valence-corrected chi connectivity index (χ0v) is 12.7. The summed E-state index contributed by atoms with van der Waals surface area (Å²) >= 11 is 0. The molecule has 0 radical (unpaired) electrons. The van der Waals surface area contributed by atoms with Crippen molar-refractivity contribution in [3.05, 3.63) is 53.0 Å². The fraction of sp³-hybridized carbons (Fsp3) is 0.375. The number of hydrogen-bond acceptors (Lipinski definition) is 5. The normalized spacial score (nSPS) is 16.0. The van der Waals surface area contributed by atoms with Gasteiger partial charge in [-0.15, -0.1) is 0 Å². The van der Waals surface area contributed by atoms with Crippen LogP contribution in [-0.2, 0) is 13.0 Å². The minimum atomic E-state index is -1.11. The van der Waals surface area contributed by atoms with Crippen LogP contribution in [0, 0.1) is 11.6 Å². The zero-order valence-electron chi connectivity index (χ0n) is 12.7. The lowest BCUT2D eigenvalue weighted by atomic mass is 10.0. The Balaban J connectivity index is 1.75. The molecule has 0 saturated heterocycles. The van der Waals surface area contributed by atoms with Crippen LogP contribution in [0.25, 0.3) is 0 Å². The van der Waals surface area contributed by atoms with Crippen LogP contribution in [0.3, 0.4) is 0 Å². The molecule has 122 valence electrons. The van der Waals surface area contributed by atoms with E-state index in [4.69, 9.17) is 4.74 Å². The highest BCUT2D eigenvalue weighted by molar-refractivity contribution is 5.31. The van der Waals surface area contributed by atoms with Gasteiger partial charge in [0.1, 0.15) is 18.0 Å². The van der Waals surface area contributed by atoms with Gasteiger partial charge in [0, 0.05) is 37.2 Å². The van der Waals surface area contributed by atoms with Gasteiger partial charge in [-0.05, 0) is 18.2 Å². The maximum atomic E-state index is 13.7. The van der Waals surface area contributed by atoms with Crippen molar-refractivity contribution in [3.63, 3.8) is 0 Å². The van der Waals surface area contributed by atoms with Crippen molar-refractivity contribution < 1.29 is 18.6 Å². The van der Waals surface area contributed by atoms with Gasteiger partial charge in [-0.2, -0.15) is 0 Å². The summed E-state index contributed by atoms with van der Waals surface area (Å²) in [7, 11) is 1.54. The van der Waals surface area contributed by atoms with E-state index < -0.39 is 17.7 Å². The lowest BCUT2D eigenvalue weighted by Crippen LogP contribution is -2.35. The first-order valence-electron chi connectivity index (χ1n) is 7.30. The van der Waals surface area contributed by atoms with Crippen LogP contribution in [-0.4, -0.2) is 40.2 Å². The summed E-state index contributed by atoms with van der Waals surface area (Å²) in [4.78, 5) is 10.3. The fourth-order valence-corrected chi connectivity index (χ4v) is 2.82. The third-order valence-corrected chi connectivity index (χ3v) is 3.98. The molecule has 0 amide bonds. The van der Waals surface area contributed by atoms with Gasteiger partial charge >= 0.3 is 0 Å². The van der Waals surface area contributed by atoms with Gasteiger partial charge in [-0.1, -0.05) is 0 Å². The fourth-order valence-electron chi connectivity index (χ4n) is 2.82. The molecule has 5 nitrogen and oxygen atoms in total. The van der Waals surface area contributed by atoms with Crippen molar-refractivity contribution in [1.29, 1.82) is 0 Å². The number of aliphatic hydroxyl groups is 1. The van der Waals surface area contributed by atoms with Crippen molar-refractivity contribution in [2.24, 2.45) is 0 Å². The van der Waals surface area contributed by atoms with E-state index >= 15 is 0 Å². The van der Waals surface area contributed by atoms with Crippen molar-refractivity contribution >= 4 is 0 Å². The molecule has 2 heterocycles. The molecule has 0 fully saturated rings. The number of halogens is 2.